The van der Waals surface area contributed by atoms with E-state index in [0.717, 1.165) is 6.42 Å². The molecule has 0 heterocycles. The van der Waals surface area contributed by atoms with Crippen molar-refractivity contribution < 1.29 is 14.7 Å². The number of nitrogens with one attached hydrogen (secondary N) is 1. The smallest absolute Gasteiger partial charge is 0.303 e. The first kappa shape index (κ1) is 14.5. The topological polar surface area (TPSA) is 66.4 Å². The minimum absolute atomic E-state index is 0.0787. The molecule has 0 atom stereocenters. The number of carbonyl (C=O) groups excluding carboxylic acids is 1. The van der Waals surface area contributed by atoms with E-state index >= 15 is 0 Å². The zero-order valence-corrected chi connectivity index (χ0v) is 8.59. The van der Waals surface area contributed by atoms with Crippen LogP contribution in [0.15, 0.2) is 0 Å². The summed E-state index contributed by atoms with van der Waals surface area (Å²) < 4.78 is 0. The maximum atomic E-state index is 10.7. The van der Waals surface area contributed by atoms with Gasteiger partial charge in [0.1, 0.15) is 0 Å². The highest BCUT2D eigenvalue weighted by Gasteiger charge is 2.02. The number of carboxylic acids is 1. The van der Waals surface area contributed by atoms with Crippen molar-refractivity contribution in [1.82, 2.24) is 5.32 Å². The number of rotatable bonds is 5. The van der Waals surface area contributed by atoms with Crippen LogP contribution in [-0.2, 0) is 9.59 Å². The van der Waals surface area contributed by atoms with Crippen LogP contribution in [0.1, 0.15) is 40.0 Å². The van der Waals surface area contributed by atoms with Crippen LogP contribution < -0.4 is 5.32 Å². The maximum Gasteiger partial charge on any atom is 0.303 e. The number of hydrogen-bond donors (Lipinski definition) is 2. The van der Waals surface area contributed by atoms with Gasteiger partial charge in [-0.15, -0.1) is 0 Å². The molecule has 4 nitrogen and oxygen atoms in total. The Morgan fingerprint density at radius 3 is 2.15 bits per heavy atom. The summed E-state index contributed by atoms with van der Waals surface area (Å²) >= 11 is 0. The molecular formula is C9H19NO3. The van der Waals surface area contributed by atoms with Gasteiger partial charge in [-0.2, -0.15) is 0 Å². The van der Waals surface area contributed by atoms with Crippen molar-refractivity contribution in [3.8, 4) is 0 Å². The summed E-state index contributed by atoms with van der Waals surface area (Å²) in [4.78, 5) is 20.7. The second kappa shape index (κ2) is 10.9. The van der Waals surface area contributed by atoms with Crippen LogP contribution in [-0.4, -0.2) is 23.5 Å². The molecule has 2 N–H and O–H groups in total. The van der Waals surface area contributed by atoms with Crippen molar-refractivity contribution in [1.29, 1.82) is 0 Å². The lowest BCUT2D eigenvalue weighted by atomic mass is 10.3. The van der Waals surface area contributed by atoms with Crippen molar-refractivity contribution in [3.63, 3.8) is 0 Å². The van der Waals surface area contributed by atoms with E-state index in [9.17, 15) is 9.59 Å². The molecule has 0 aliphatic rings. The molecule has 0 radical (unpaired) electrons. The van der Waals surface area contributed by atoms with Gasteiger partial charge in [0.15, 0.2) is 0 Å². The van der Waals surface area contributed by atoms with Gasteiger partial charge in [0.2, 0.25) is 5.91 Å². The Balaban J connectivity index is 0. The Hall–Kier alpha value is -1.06. The van der Waals surface area contributed by atoms with Gasteiger partial charge in [0.05, 0.1) is 6.42 Å². The lowest BCUT2D eigenvalue weighted by molar-refractivity contribution is -0.138. The first-order valence-corrected chi connectivity index (χ1v) is 4.65. The SMILES string of the molecule is CC.CCCNC(=O)CCC(=O)O. The largest absolute Gasteiger partial charge is 0.481 e. The standard InChI is InChI=1S/C7H13NO3.C2H6/c1-2-5-8-6(9)3-4-7(10)11;1-2/h2-5H2,1H3,(H,8,9)(H,10,11);1-2H3. The molecule has 0 aromatic heterocycles. The Morgan fingerprint density at radius 1 is 1.23 bits per heavy atom. The van der Waals surface area contributed by atoms with E-state index in [0.29, 0.717) is 6.54 Å². The number of aliphatic carboxylic acids is 1. The van der Waals surface area contributed by atoms with Gasteiger partial charge in [-0.05, 0) is 6.42 Å². The monoisotopic (exact) mass is 189 g/mol. The van der Waals surface area contributed by atoms with Gasteiger partial charge in [-0.3, -0.25) is 9.59 Å². The van der Waals surface area contributed by atoms with Gasteiger partial charge in [-0.25, -0.2) is 0 Å². The lowest BCUT2D eigenvalue weighted by Gasteiger charge is -1.99. The van der Waals surface area contributed by atoms with Gasteiger partial charge < -0.3 is 10.4 Å². The van der Waals surface area contributed by atoms with E-state index in [1.54, 1.807) is 0 Å². The van der Waals surface area contributed by atoms with Crippen LogP contribution >= 0.6 is 0 Å². The van der Waals surface area contributed by atoms with Crippen molar-refractivity contribution in [2.24, 2.45) is 0 Å². The summed E-state index contributed by atoms with van der Waals surface area (Å²) in [6.45, 7) is 6.57. The molecule has 0 rings (SSSR count). The fourth-order valence-electron chi connectivity index (χ4n) is 0.573. The predicted molar refractivity (Wildman–Crippen MR) is 51.5 cm³/mol. The number of carboxylic acid groups (broad SMARTS) is 1. The molecule has 0 aromatic rings. The van der Waals surface area contributed by atoms with E-state index in [1.165, 1.54) is 0 Å². The highest BCUT2D eigenvalue weighted by molar-refractivity contribution is 5.80. The van der Waals surface area contributed by atoms with Crippen LogP contribution in [0.2, 0.25) is 0 Å². The average Bonchev–Trinajstić information content (AvgIpc) is 2.14. The number of carbonyl (C=O) groups is 2. The molecule has 0 aromatic carbocycles. The minimum Gasteiger partial charge on any atom is -0.481 e. The molecule has 0 saturated carbocycles. The first-order valence-electron chi connectivity index (χ1n) is 4.65. The van der Waals surface area contributed by atoms with Crippen molar-refractivity contribution >= 4 is 11.9 Å². The third kappa shape index (κ3) is 13.9. The second-order valence-electron chi connectivity index (χ2n) is 2.24. The van der Waals surface area contributed by atoms with E-state index in [2.05, 4.69) is 5.32 Å². The van der Waals surface area contributed by atoms with Crippen LogP contribution in [0.5, 0.6) is 0 Å². The molecular weight excluding hydrogens is 170 g/mol. The van der Waals surface area contributed by atoms with Crippen LogP contribution in [0.4, 0.5) is 0 Å². The molecule has 78 valence electrons. The van der Waals surface area contributed by atoms with Gasteiger partial charge >= 0.3 is 5.97 Å². The zero-order valence-electron chi connectivity index (χ0n) is 8.59. The van der Waals surface area contributed by atoms with Crippen LogP contribution in [0.25, 0.3) is 0 Å². The molecule has 0 fully saturated rings. The summed E-state index contributed by atoms with van der Waals surface area (Å²) in [5.41, 5.74) is 0. The zero-order chi connectivity index (χ0) is 10.7. The summed E-state index contributed by atoms with van der Waals surface area (Å²) in [6, 6.07) is 0. The minimum atomic E-state index is -0.934. The summed E-state index contributed by atoms with van der Waals surface area (Å²) in [6.07, 6.45) is 0.865. The third-order valence-electron chi connectivity index (χ3n) is 1.14. The van der Waals surface area contributed by atoms with E-state index < -0.39 is 5.97 Å². The molecule has 0 bridgehead atoms. The Kier molecular flexibility index (Phi) is 12.2. The molecule has 0 saturated heterocycles. The highest BCUT2D eigenvalue weighted by atomic mass is 16.4. The summed E-state index contributed by atoms with van der Waals surface area (Å²) in [5.74, 6) is -1.12. The predicted octanol–water partition coefficient (Wildman–Crippen LogP) is 1.40. The van der Waals surface area contributed by atoms with Crippen molar-refractivity contribution in [2.75, 3.05) is 6.54 Å². The van der Waals surface area contributed by atoms with E-state index in [1.807, 2.05) is 20.8 Å². The normalized spacial score (nSPS) is 8.23. The molecule has 0 aliphatic carbocycles. The third-order valence-corrected chi connectivity index (χ3v) is 1.14. The number of amides is 1. The Morgan fingerprint density at radius 2 is 1.77 bits per heavy atom. The van der Waals surface area contributed by atoms with Crippen molar-refractivity contribution in [3.05, 3.63) is 0 Å². The Labute approximate surface area is 79.3 Å². The maximum absolute atomic E-state index is 10.7. The molecule has 0 unspecified atom stereocenters. The van der Waals surface area contributed by atoms with E-state index in [-0.39, 0.29) is 18.7 Å². The van der Waals surface area contributed by atoms with Gasteiger partial charge in [-0.1, -0.05) is 20.8 Å². The van der Waals surface area contributed by atoms with E-state index in [4.69, 9.17) is 5.11 Å². The summed E-state index contributed by atoms with van der Waals surface area (Å²) in [7, 11) is 0. The first-order chi connectivity index (χ1) is 6.16. The van der Waals surface area contributed by atoms with Crippen LogP contribution in [0.3, 0.4) is 0 Å². The lowest BCUT2D eigenvalue weighted by Crippen LogP contribution is -2.24. The number of hydrogen-bond acceptors (Lipinski definition) is 2. The highest BCUT2D eigenvalue weighted by Crippen LogP contribution is 1.87. The quantitative estimate of drug-likeness (QED) is 0.687. The second-order valence-corrected chi connectivity index (χ2v) is 2.24. The van der Waals surface area contributed by atoms with Crippen LogP contribution in [0, 0.1) is 0 Å². The molecule has 1 amide bonds. The fourth-order valence-corrected chi connectivity index (χ4v) is 0.573. The molecule has 4 heteroatoms. The molecule has 13 heavy (non-hydrogen) atoms. The average molecular weight is 189 g/mol. The Bertz CT molecular complexity index is 146. The van der Waals surface area contributed by atoms with Gasteiger partial charge in [0.25, 0.3) is 0 Å². The van der Waals surface area contributed by atoms with Gasteiger partial charge in [0, 0.05) is 13.0 Å². The molecule has 0 spiro atoms. The molecule has 0 aliphatic heterocycles. The fraction of sp³-hybridized carbons (Fsp3) is 0.778. The van der Waals surface area contributed by atoms with Crippen molar-refractivity contribution in [2.45, 2.75) is 40.0 Å². The summed E-state index contributed by atoms with van der Waals surface area (Å²) in [5, 5.41) is 10.8.